The second kappa shape index (κ2) is 12.1. The third-order valence-corrected chi connectivity index (χ3v) is 7.03. The van der Waals surface area contributed by atoms with Crippen LogP contribution in [0.2, 0.25) is 0 Å². The molecule has 1 aliphatic rings. The maximum atomic E-state index is 13.0. The highest BCUT2D eigenvalue weighted by Crippen LogP contribution is 2.24. The number of nitrogens with zero attached hydrogens (tertiary/aromatic N) is 5. The van der Waals surface area contributed by atoms with Crippen LogP contribution in [0.5, 0.6) is 0 Å². The van der Waals surface area contributed by atoms with E-state index in [1.165, 1.54) is 0 Å². The van der Waals surface area contributed by atoms with Crippen molar-refractivity contribution >= 4 is 34.5 Å². The highest BCUT2D eigenvalue weighted by molar-refractivity contribution is 5.97. The summed E-state index contributed by atoms with van der Waals surface area (Å²) in [7, 11) is 1.70. The minimum atomic E-state index is -1.37. The normalized spacial score (nSPS) is 13.7. The van der Waals surface area contributed by atoms with E-state index < -0.39 is 17.0 Å². The summed E-state index contributed by atoms with van der Waals surface area (Å²) in [6, 6.07) is 13.9. The number of hydrogen-bond donors (Lipinski definition) is 3. The van der Waals surface area contributed by atoms with Crippen LogP contribution in [0.1, 0.15) is 15.9 Å². The van der Waals surface area contributed by atoms with E-state index in [1.807, 2.05) is 24.3 Å². The summed E-state index contributed by atoms with van der Waals surface area (Å²) >= 11 is 0. The summed E-state index contributed by atoms with van der Waals surface area (Å²) in [5, 5.41) is 12.8. The molecule has 2 amide bonds. The lowest BCUT2D eigenvalue weighted by Crippen LogP contribution is -2.38. The summed E-state index contributed by atoms with van der Waals surface area (Å²) in [5.41, 5.74) is 8.29. The zero-order valence-corrected chi connectivity index (χ0v) is 22.6. The Kier molecular flexibility index (Phi) is 8.22. The lowest BCUT2D eigenvalue weighted by atomic mass is 10.1. The number of carbonyl (C=O) groups is 2. The van der Waals surface area contributed by atoms with Crippen molar-refractivity contribution in [2.45, 2.75) is 13.1 Å². The van der Waals surface area contributed by atoms with Crippen LogP contribution in [0, 0.1) is 0 Å². The molecular formula is C29H31N7O5. The predicted octanol–water partition coefficient (Wildman–Crippen LogP) is 2.74. The number of aromatic nitrogens is 3. The number of fused-ring (bicyclic) bond motifs is 1. The van der Waals surface area contributed by atoms with Gasteiger partial charge in [0.15, 0.2) is 0 Å². The van der Waals surface area contributed by atoms with Crippen LogP contribution < -0.4 is 16.5 Å². The molecule has 1 fully saturated rings. The number of carbonyl (C=O) groups excluding carboxylic acids is 1. The number of benzene rings is 1. The number of anilines is 2. The third-order valence-electron chi connectivity index (χ3n) is 7.03. The molecule has 4 N–H and O–H groups in total. The van der Waals surface area contributed by atoms with Gasteiger partial charge in [0.25, 0.3) is 0 Å². The highest BCUT2D eigenvalue weighted by Gasteiger charge is 2.22. The minimum Gasteiger partial charge on any atom is -0.477 e. The Bertz CT molecular complexity index is 1620. The highest BCUT2D eigenvalue weighted by atomic mass is 16.5. The average Bonchev–Trinajstić information content (AvgIpc) is 2.98. The van der Waals surface area contributed by atoms with Gasteiger partial charge in [-0.2, -0.15) is 0 Å². The molecule has 5 rings (SSSR count). The lowest BCUT2D eigenvalue weighted by Gasteiger charge is -2.27. The molecule has 1 saturated heterocycles. The molecule has 0 saturated carbocycles. The number of morpholine rings is 1. The Morgan fingerprint density at radius 2 is 1.85 bits per heavy atom. The van der Waals surface area contributed by atoms with Crippen LogP contribution in [0.15, 0.2) is 65.7 Å². The van der Waals surface area contributed by atoms with Crippen molar-refractivity contribution in [2.24, 2.45) is 0 Å². The van der Waals surface area contributed by atoms with Gasteiger partial charge in [-0.15, -0.1) is 0 Å². The zero-order valence-electron chi connectivity index (χ0n) is 22.6. The summed E-state index contributed by atoms with van der Waals surface area (Å²) in [4.78, 5) is 50.1. The topological polar surface area (TPSA) is 156 Å². The fourth-order valence-corrected chi connectivity index (χ4v) is 4.77. The monoisotopic (exact) mass is 557 g/mol. The van der Waals surface area contributed by atoms with E-state index in [1.54, 1.807) is 53.2 Å². The van der Waals surface area contributed by atoms with E-state index in [9.17, 15) is 19.5 Å². The van der Waals surface area contributed by atoms with Crippen LogP contribution in [0.25, 0.3) is 22.3 Å². The van der Waals surface area contributed by atoms with Gasteiger partial charge in [-0.25, -0.2) is 14.6 Å². The van der Waals surface area contributed by atoms with E-state index in [4.69, 9.17) is 15.5 Å². The first kappa shape index (κ1) is 27.7. The van der Waals surface area contributed by atoms with Crippen molar-refractivity contribution in [2.75, 3.05) is 50.9 Å². The Hall–Kier alpha value is -4.81. The Morgan fingerprint density at radius 3 is 2.54 bits per heavy atom. The Labute approximate surface area is 236 Å². The number of hydrogen-bond acceptors (Lipinski definition) is 8. The molecule has 1 aliphatic heterocycles. The van der Waals surface area contributed by atoms with Gasteiger partial charge in [-0.05, 0) is 35.9 Å². The third kappa shape index (κ3) is 6.18. The summed E-state index contributed by atoms with van der Waals surface area (Å²) in [6.07, 6.45) is 3.40. The van der Waals surface area contributed by atoms with Crippen LogP contribution in [0.3, 0.4) is 0 Å². The number of nitrogen functional groups attached to an aromatic ring is 1. The number of aromatic carboxylic acids is 1. The maximum absolute atomic E-state index is 13.0. The molecule has 41 heavy (non-hydrogen) atoms. The molecule has 1 aromatic carbocycles. The van der Waals surface area contributed by atoms with Crippen molar-refractivity contribution in [3.8, 4) is 11.3 Å². The smallest absolute Gasteiger partial charge is 0.343 e. The number of amides is 2. The van der Waals surface area contributed by atoms with E-state index in [0.29, 0.717) is 49.9 Å². The molecule has 0 radical (unpaired) electrons. The maximum Gasteiger partial charge on any atom is 0.343 e. The number of rotatable bonds is 8. The first-order chi connectivity index (χ1) is 19.8. The molecular weight excluding hydrogens is 526 g/mol. The Balaban J connectivity index is 1.39. The molecule has 12 heteroatoms. The second-order valence-corrected chi connectivity index (χ2v) is 9.79. The first-order valence-corrected chi connectivity index (χ1v) is 13.2. The summed E-state index contributed by atoms with van der Waals surface area (Å²) < 4.78 is 7.01. The Morgan fingerprint density at radius 1 is 1.10 bits per heavy atom. The fourth-order valence-electron chi connectivity index (χ4n) is 4.77. The summed E-state index contributed by atoms with van der Waals surface area (Å²) in [6.45, 7) is 4.13. The standard InChI is InChI=1S/C29H31N7O5/c1-34(18-19-3-2-10-31-17-19)29(40)32-21-6-4-20(5-7-21)23-9-8-22-25(37)24(28(38)39)26(30)36(27(22)33-23)12-11-35-13-15-41-16-14-35/h2-10,17H,11-16,18,30H2,1H3,(H,32,40)(H,38,39). The van der Waals surface area contributed by atoms with Crippen molar-refractivity contribution in [3.63, 3.8) is 0 Å². The molecule has 0 bridgehead atoms. The number of nitrogens with one attached hydrogen (secondary N) is 1. The molecule has 0 aliphatic carbocycles. The quantitative estimate of drug-likeness (QED) is 0.296. The van der Waals surface area contributed by atoms with Crippen molar-refractivity contribution in [1.82, 2.24) is 24.3 Å². The van der Waals surface area contributed by atoms with E-state index in [2.05, 4.69) is 15.2 Å². The van der Waals surface area contributed by atoms with Gasteiger partial charge in [-0.1, -0.05) is 18.2 Å². The van der Waals surface area contributed by atoms with Gasteiger partial charge in [0, 0.05) is 63.4 Å². The molecule has 212 valence electrons. The van der Waals surface area contributed by atoms with Gasteiger partial charge in [0.1, 0.15) is 17.0 Å². The molecule has 4 aromatic rings. The molecule has 4 heterocycles. The predicted molar refractivity (Wildman–Crippen MR) is 155 cm³/mol. The molecule has 12 nitrogen and oxygen atoms in total. The van der Waals surface area contributed by atoms with Crippen molar-refractivity contribution in [3.05, 3.63) is 82.3 Å². The number of ether oxygens (including phenoxy) is 1. The van der Waals surface area contributed by atoms with E-state index in [0.717, 1.165) is 24.2 Å². The average molecular weight is 558 g/mol. The van der Waals surface area contributed by atoms with E-state index >= 15 is 0 Å². The van der Waals surface area contributed by atoms with Gasteiger partial charge >= 0.3 is 12.0 Å². The van der Waals surface area contributed by atoms with Crippen LogP contribution in [-0.4, -0.2) is 81.3 Å². The number of pyridine rings is 3. The number of nitrogens with two attached hydrogens (primary N) is 1. The van der Waals surface area contributed by atoms with Gasteiger partial charge < -0.3 is 30.4 Å². The minimum absolute atomic E-state index is 0.124. The summed E-state index contributed by atoms with van der Waals surface area (Å²) in [5.74, 6) is -1.50. The van der Waals surface area contributed by atoms with Crippen LogP contribution in [0.4, 0.5) is 16.3 Å². The first-order valence-electron chi connectivity index (χ1n) is 13.2. The van der Waals surface area contributed by atoms with Gasteiger partial charge in [0.2, 0.25) is 5.43 Å². The molecule has 3 aromatic heterocycles. The van der Waals surface area contributed by atoms with E-state index in [-0.39, 0.29) is 17.2 Å². The SMILES string of the molecule is CN(Cc1cccnc1)C(=O)Nc1ccc(-c2ccc3c(=O)c(C(=O)O)c(N)n(CCN4CCOCC4)c3n2)cc1. The lowest BCUT2D eigenvalue weighted by molar-refractivity contribution is 0.0365. The number of carboxylic acids is 1. The fraction of sp³-hybridized carbons (Fsp3) is 0.276. The largest absolute Gasteiger partial charge is 0.477 e. The van der Waals surface area contributed by atoms with Gasteiger partial charge in [-0.3, -0.25) is 14.7 Å². The van der Waals surface area contributed by atoms with Crippen LogP contribution >= 0.6 is 0 Å². The van der Waals surface area contributed by atoms with Gasteiger partial charge in [0.05, 0.1) is 24.3 Å². The zero-order chi connectivity index (χ0) is 28.9. The molecule has 0 unspecified atom stereocenters. The molecule has 0 spiro atoms. The molecule has 0 atom stereocenters. The second-order valence-electron chi connectivity index (χ2n) is 9.79. The van der Waals surface area contributed by atoms with Crippen molar-refractivity contribution in [1.29, 1.82) is 0 Å². The van der Waals surface area contributed by atoms with Crippen molar-refractivity contribution < 1.29 is 19.4 Å². The number of carboxylic acid groups (broad SMARTS) is 1. The number of urea groups is 1. The van der Waals surface area contributed by atoms with Crippen LogP contribution in [-0.2, 0) is 17.8 Å².